The van der Waals surface area contributed by atoms with Crippen molar-refractivity contribution in [1.29, 1.82) is 0 Å². The number of carbonyl (C=O) groups is 1. The number of aliphatic hydroxyl groups excluding tert-OH is 1. The highest BCUT2D eigenvalue weighted by molar-refractivity contribution is 5.74. The molecule has 3 aliphatic rings. The van der Waals surface area contributed by atoms with Crippen LogP contribution in [0.5, 0.6) is 0 Å². The van der Waals surface area contributed by atoms with Crippen molar-refractivity contribution in [2.24, 2.45) is 17.8 Å². The van der Waals surface area contributed by atoms with E-state index >= 15 is 0 Å². The third kappa shape index (κ3) is 3.45. The molecule has 2 bridgehead atoms. The van der Waals surface area contributed by atoms with Crippen LogP contribution < -0.4 is 5.56 Å². The summed E-state index contributed by atoms with van der Waals surface area (Å²) >= 11 is 0. The number of pyridine rings is 1. The number of aliphatic hydroxyl groups is 1. The quantitative estimate of drug-likeness (QED) is 0.751. The smallest absolute Gasteiger partial charge is 0.311 e. The van der Waals surface area contributed by atoms with E-state index in [0.717, 1.165) is 38.3 Å². The largest absolute Gasteiger partial charge is 0.469 e. The predicted molar refractivity (Wildman–Crippen MR) is 108 cm³/mol. The van der Waals surface area contributed by atoms with Gasteiger partial charge in [-0.15, -0.1) is 0 Å². The van der Waals surface area contributed by atoms with Gasteiger partial charge in [-0.25, -0.2) is 0 Å². The lowest BCUT2D eigenvalue weighted by Gasteiger charge is -2.40. The van der Waals surface area contributed by atoms with Crippen LogP contribution in [-0.2, 0) is 20.8 Å². The Balaban J connectivity index is 1.78. The van der Waals surface area contributed by atoms with Gasteiger partial charge in [0.2, 0.25) is 0 Å². The Morgan fingerprint density at radius 1 is 1.34 bits per heavy atom. The van der Waals surface area contributed by atoms with E-state index in [-0.39, 0.29) is 36.1 Å². The summed E-state index contributed by atoms with van der Waals surface area (Å²) in [7, 11) is 1.39. The first-order valence-electron chi connectivity index (χ1n) is 10.5. The molecule has 0 aliphatic carbocycles. The van der Waals surface area contributed by atoms with E-state index in [0.29, 0.717) is 18.0 Å². The van der Waals surface area contributed by atoms with Gasteiger partial charge >= 0.3 is 5.97 Å². The maximum absolute atomic E-state index is 13.1. The SMILES string of the molecule is C/C=C\c1ccc2n(c1=O)C[C@@H]1[C@@H](CO)[C@H](C(=O)OC)[C@H]2N1CC1CCOCC1. The maximum Gasteiger partial charge on any atom is 0.311 e. The number of allylic oxidation sites excluding steroid dienone is 1. The van der Waals surface area contributed by atoms with Crippen LogP contribution in [0.15, 0.2) is 23.0 Å². The molecule has 0 saturated carbocycles. The average molecular weight is 402 g/mol. The molecule has 158 valence electrons. The Labute approximate surface area is 170 Å². The van der Waals surface area contributed by atoms with Crippen LogP contribution in [0.1, 0.15) is 37.1 Å². The lowest BCUT2D eigenvalue weighted by Crippen LogP contribution is -2.48. The van der Waals surface area contributed by atoms with Gasteiger partial charge < -0.3 is 19.1 Å². The maximum atomic E-state index is 13.1. The van der Waals surface area contributed by atoms with Crippen LogP contribution >= 0.6 is 0 Å². The zero-order valence-corrected chi connectivity index (χ0v) is 17.1. The minimum Gasteiger partial charge on any atom is -0.469 e. The number of rotatable bonds is 5. The molecule has 2 saturated heterocycles. The highest BCUT2D eigenvalue weighted by Crippen LogP contribution is 2.49. The van der Waals surface area contributed by atoms with Crippen LogP contribution in [-0.4, -0.2) is 60.1 Å². The van der Waals surface area contributed by atoms with Crippen molar-refractivity contribution in [3.05, 3.63) is 39.8 Å². The van der Waals surface area contributed by atoms with Crippen molar-refractivity contribution in [3.8, 4) is 0 Å². The second kappa shape index (κ2) is 8.42. The van der Waals surface area contributed by atoms with Crippen molar-refractivity contribution >= 4 is 12.0 Å². The van der Waals surface area contributed by atoms with E-state index < -0.39 is 5.92 Å². The summed E-state index contributed by atoms with van der Waals surface area (Å²) in [5.74, 6) is -0.552. The van der Waals surface area contributed by atoms with Crippen molar-refractivity contribution < 1.29 is 19.4 Å². The molecule has 0 aromatic carbocycles. The monoisotopic (exact) mass is 402 g/mol. The first kappa shape index (κ1) is 20.3. The number of aromatic nitrogens is 1. The Morgan fingerprint density at radius 3 is 2.76 bits per heavy atom. The first-order chi connectivity index (χ1) is 14.1. The number of hydrogen-bond acceptors (Lipinski definition) is 6. The Morgan fingerprint density at radius 2 is 2.10 bits per heavy atom. The Kier molecular flexibility index (Phi) is 5.90. The molecule has 1 aromatic heterocycles. The minimum absolute atomic E-state index is 0.0384. The molecule has 4 heterocycles. The van der Waals surface area contributed by atoms with Crippen LogP contribution in [0.25, 0.3) is 6.08 Å². The number of carbonyl (C=O) groups excluding carboxylic acids is 1. The molecule has 0 amide bonds. The molecular formula is C22H30N2O5. The topological polar surface area (TPSA) is 81.0 Å². The fourth-order valence-corrected chi connectivity index (χ4v) is 5.43. The van der Waals surface area contributed by atoms with Gasteiger partial charge in [0.15, 0.2) is 0 Å². The molecule has 2 fully saturated rings. The highest BCUT2D eigenvalue weighted by Gasteiger charge is 2.56. The van der Waals surface area contributed by atoms with Gasteiger partial charge in [0.1, 0.15) is 0 Å². The minimum atomic E-state index is -0.476. The molecule has 0 unspecified atom stereocenters. The fraction of sp³-hybridized carbons (Fsp3) is 0.636. The third-order valence-electron chi connectivity index (χ3n) is 6.83. The Bertz CT molecular complexity index is 842. The number of esters is 1. The zero-order valence-electron chi connectivity index (χ0n) is 17.1. The molecule has 0 radical (unpaired) electrons. The van der Waals surface area contributed by atoms with Crippen molar-refractivity contribution in [1.82, 2.24) is 9.47 Å². The molecule has 1 N–H and O–H groups in total. The van der Waals surface area contributed by atoms with E-state index in [9.17, 15) is 14.7 Å². The van der Waals surface area contributed by atoms with Gasteiger partial charge in [-0.1, -0.05) is 12.2 Å². The van der Waals surface area contributed by atoms with E-state index in [1.54, 1.807) is 4.57 Å². The summed E-state index contributed by atoms with van der Waals surface area (Å²) in [5, 5.41) is 10.2. The van der Waals surface area contributed by atoms with Crippen molar-refractivity contribution in [2.75, 3.05) is 33.5 Å². The molecule has 4 rings (SSSR count). The normalized spacial score (nSPS) is 29.9. The summed E-state index contributed by atoms with van der Waals surface area (Å²) in [4.78, 5) is 28.2. The van der Waals surface area contributed by atoms with Gasteiger partial charge in [0.05, 0.1) is 19.1 Å². The van der Waals surface area contributed by atoms with E-state index in [1.807, 2.05) is 31.2 Å². The second-order valence-corrected chi connectivity index (χ2v) is 8.29. The molecule has 29 heavy (non-hydrogen) atoms. The summed E-state index contributed by atoms with van der Waals surface area (Å²) in [5.41, 5.74) is 1.45. The summed E-state index contributed by atoms with van der Waals surface area (Å²) in [6, 6.07) is 3.48. The summed E-state index contributed by atoms with van der Waals surface area (Å²) in [6.45, 7) is 4.64. The molecule has 1 aromatic rings. The summed E-state index contributed by atoms with van der Waals surface area (Å²) in [6.07, 6.45) is 5.66. The van der Waals surface area contributed by atoms with Gasteiger partial charge in [0, 0.05) is 56.1 Å². The van der Waals surface area contributed by atoms with Crippen LogP contribution in [0, 0.1) is 17.8 Å². The third-order valence-corrected chi connectivity index (χ3v) is 6.83. The first-order valence-corrected chi connectivity index (χ1v) is 10.5. The lowest BCUT2D eigenvalue weighted by molar-refractivity contribution is -0.148. The van der Waals surface area contributed by atoms with Gasteiger partial charge in [-0.2, -0.15) is 0 Å². The number of fused-ring (bicyclic) bond motifs is 4. The zero-order chi connectivity index (χ0) is 20.5. The van der Waals surface area contributed by atoms with Crippen LogP contribution in [0.2, 0.25) is 0 Å². The molecule has 7 heteroatoms. The van der Waals surface area contributed by atoms with E-state index in [4.69, 9.17) is 9.47 Å². The van der Waals surface area contributed by atoms with Crippen molar-refractivity contribution in [3.63, 3.8) is 0 Å². The number of methoxy groups -OCH3 is 1. The molecule has 7 nitrogen and oxygen atoms in total. The standard InChI is InChI=1S/C22H30N2O5/c1-3-4-15-5-6-17-20-19(22(27)28-2)16(13-25)18(12-24(17)21(15)26)23(20)11-14-7-9-29-10-8-14/h3-6,14,16,18-20,25H,7-13H2,1-2H3/b4-3-/t16-,18-,19+,20+/m1/s1. The molecule has 4 atom stereocenters. The van der Waals surface area contributed by atoms with Gasteiger partial charge in [-0.05, 0) is 37.8 Å². The average Bonchev–Trinajstić information content (AvgIpc) is 2.95. The predicted octanol–water partition coefficient (Wildman–Crippen LogP) is 1.44. The van der Waals surface area contributed by atoms with E-state index in [1.165, 1.54) is 7.11 Å². The van der Waals surface area contributed by atoms with Gasteiger partial charge in [0.25, 0.3) is 5.56 Å². The van der Waals surface area contributed by atoms with E-state index in [2.05, 4.69) is 4.90 Å². The number of hydrogen-bond donors (Lipinski definition) is 1. The van der Waals surface area contributed by atoms with Crippen LogP contribution in [0.4, 0.5) is 0 Å². The molecule has 3 aliphatic heterocycles. The van der Waals surface area contributed by atoms with Crippen LogP contribution in [0.3, 0.4) is 0 Å². The molecular weight excluding hydrogens is 372 g/mol. The fourth-order valence-electron chi connectivity index (χ4n) is 5.43. The molecule has 0 spiro atoms. The second-order valence-electron chi connectivity index (χ2n) is 8.29. The summed E-state index contributed by atoms with van der Waals surface area (Å²) < 4.78 is 12.4. The van der Waals surface area contributed by atoms with Gasteiger partial charge in [-0.3, -0.25) is 14.5 Å². The number of nitrogens with zero attached hydrogens (tertiary/aromatic N) is 2. The highest BCUT2D eigenvalue weighted by atomic mass is 16.5. The lowest BCUT2D eigenvalue weighted by atomic mass is 9.87. The number of ether oxygens (including phenoxy) is 2. The van der Waals surface area contributed by atoms with Crippen molar-refractivity contribution in [2.45, 2.75) is 38.4 Å². The Hall–Kier alpha value is -1.96.